The molecule has 0 spiro atoms. The predicted molar refractivity (Wildman–Crippen MR) is 114 cm³/mol. The van der Waals surface area contributed by atoms with Crippen molar-refractivity contribution in [1.82, 2.24) is 4.90 Å². The van der Waals surface area contributed by atoms with E-state index >= 15 is 0 Å². The third-order valence-electron chi connectivity index (χ3n) is 4.84. The molecule has 0 saturated heterocycles. The second kappa shape index (κ2) is 7.65. The van der Waals surface area contributed by atoms with Crippen molar-refractivity contribution in [2.24, 2.45) is 0 Å². The van der Waals surface area contributed by atoms with Gasteiger partial charge in [-0.05, 0) is 55.0 Å². The second-order valence-electron chi connectivity index (χ2n) is 6.92. The first kappa shape index (κ1) is 19.7. The Morgan fingerprint density at radius 3 is 2.57 bits per heavy atom. The number of hydrogen-bond donors (Lipinski definition) is 1. The summed E-state index contributed by atoms with van der Waals surface area (Å²) in [5.41, 5.74) is 2.85. The zero-order valence-electron chi connectivity index (χ0n) is 16.2. The summed E-state index contributed by atoms with van der Waals surface area (Å²) in [6, 6.07) is 13.8. The first-order chi connectivity index (χ1) is 14.3. The Kier molecular flexibility index (Phi) is 5.01. The number of halogens is 1. The summed E-state index contributed by atoms with van der Waals surface area (Å²) in [5.74, 6) is 0.0183. The highest BCUT2D eigenvalue weighted by molar-refractivity contribution is 6.31. The molecule has 0 fully saturated rings. The third kappa shape index (κ3) is 3.65. The molecule has 0 saturated carbocycles. The van der Waals surface area contributed by atoms with Crippen LogP contribution in [0.2, 0.25) is 5.02 Å². The zero-order valence-corrected chi connectivity index (χ0v) is 17.0. The van der Waals surface area contributed by atoms with Crippen LogP contribution >= 0.6 is 11.6 Å². The Hall–Kier alpha value is -3.64. The lowest BCUT2D eigenvalue weighted by molar-refractivity contribution is -0.111. The van der Waals surface area contributed by atoms with Crippen molar-refractivity contribution in [2.45, 2.75) is 6.92 Å². The number of fused-ring (bicyclic) bond motifs is 1. The van der Waals surface area contributed by atoms with E-state index in [-0.39, 0.29) is 17.4 Å². The van der Waals surface area contributed by atoms with Crippen LogP contribution in [0.3, 0.4) is 0 Å². The first-order valence-corrected chi connectivity index (χ1v) is 9.53. The lowest BCUT2D eigenvalue weighted by Crippen LogP contribution is -2.24. The minimum atomic E-state index is -0.392. The van der Waals surface area contributed by atoms with Crippen molar-refractivity contribution < 1.29 is 18.8 Å². The van der Waals surface area contributed by atoms with Crippen LogP contribution in [0.1, 0.15) is 32.0 Å². The summed E-state index contributed by atoms with van der Waals surface area (Å²) in [5, 5.41) is 3.33. The highest BCUT2D eigenvalue weighted by atomic mass is 35.5. The Balaban J connectivity index is 1.45. The molecule has 0 aliphatic carbocycles. The van der Waals surface area contributed by atoms with Gasteiger partial charge in [0.25, 0.3) is 11.8 Å². The highest BCUT2D eigenvalue weighted by Crippen LogP contribution is 2.27. The van der Waals surface area contributed by atoms with Crippen molar-refractivity contribution in [3.8, 4) is 11.3 Å². The Morgan fingerprint density at radius 1 is 1.03 bits per heavy atom. The van der Waals surface area contributed by atoms with E-state index < -0.39 is 5.91 Å². The molecule has 0 atom stereocenters. The first-order valence-electron chi connectivity index (χ1n) is 9.15. The molecule has 1 N–H and O–H groups in total. The fourth-order valence-electron chi connectivity index (χ4n) is 3.12. The fraction of sp³-hybridized carbons (Fsp3) is 0.0870. The van der Waals surface area contributed by atoms with E-state index in [0.717, 1.165) is 16.0 Å². The molecule has 7 heteroatoms. The molecule has 30 heavy (non-hydrogen) atoms. The molecule has 0 bridgehead atoms. The summed E-state index contributed by atoms with van der Waals surface area (Å²) in [6.07, 6.45) is 2.88. The number of imide groups is 1. The maximum Gasteiger partial charge on any atom is 0.261 e. The number of rotatable bonds is 4. The number of benzene rings is 2. The molecule has 0 unspecified atom stereocenters. The van der Waals surface area contributed by atoms with Crippen LogP contribution < -0.4 is 5.32 Å². The van der Waals surface area contributed by atoms with Crippen LogP contribution in [-0.2, 0) is 4.79 Å². The summed E-state index contributed by atoms with van der Waals surface area (Å²) < 4.78 is 5.75. The average molecular weight is 421 g/mol. The molecule has 150 valence electrons. The molecule has 1 aliphatic rings. The van der Waals surface area contributed by atoms with E-state index in [0.29, 0.717) is 27.8 Å². The van der Waals surface area contributed by atoms with E-state index in [1.54, 1.807) is 24.3 Å². The summed E-state index contributed by atoms with van der Waals surface area (Å²) in [6.45, 7) is 1.92. The lowest BCUT2D eigenvalue weighted by Gasteiger charge is -2.03. The van der Waals surface area contributed by atoms with Crippen molar-refractivity contribution >= 4 is 41.1 Å². The molecule has 3 aromatic rings. The zero-order chi connectivity index (χ0) is 21.4. The Bertz CT molecular complexity index is 1230. The van der Waals surface area contributed by atoms with Crippen molar-refractivity contribution in [1.29, 1.82) is 0 Å². The fourth-order valence-corrected chi connectivity index (χ4v) is 3.30. The maximum atomic E-state index is 12.2. The SMILES string of the molecule is Cc1ccc(-c2ccc(C=CC(=O)Nc3ccc4c(c3)C(=O)N(C)C4=O)o2)cc1Cl. The summed E-state index contributed by atoms with van der Waals surface area (Å²) in [7, 11) is 1.42. The number of carbonyl (C=O) groups excluding carboxylic acids is 3. The van der Waals surface area contributed by atoms with Gasteiger partial charge >= 0.3 is 0 Å². The topological polar surface area (TPSA) is 79.6 Å². The number of hydrogen-bond acceptors (Lipinski definition) is 4. The van der Waals surface area contributed by atoms with Crippen LogP contribution in [0, 0.1) is 6.92 Å². The number of carbonyl (C=O) groups is 3. The van der Waals surface area contributed by atoms with Gasteiger partial charge in [0, 0.05) is 29.4 Å². The number of nitrogens with zero attached hydrogens (tertiary/aromatic N) is 1. The highest BCUT2D eigenvalue weighted by Gasteiger charge is 2.32. The molecular formula is C23H17ClN2O4. The van der Waals surface area contributed by atoms with Crippen molar-refractivity contribution in [3.05, 3.63) is 82.1 Å². The minimum absolute atomic E-state index is 0.275. The lowest BCUT2D eigenvalue weighted by atomic mass is 10.1. The van der Waals surface area contributed by atoms with E-state index in [1.807, 2.05) is 25.1 Å². The number of anilines is 1. The van der Waals surface area contributed by atoms with Crippen molar-refractivity contribution in [3.63, 3.8) is 0 Å². The Morgan fingerprint density at radius 2 is 1.80 bits per heavy atom. The van der Waals surface area contributed by atoms with Gasteiger partial charge in [-0.2, -0.15) is 0 Å². The quantitative estimate of drug-likeness (QED) is 0.486. The average Bonchev–Trinajstić information content (AvgIpc) is 3.28. The third-order valence-corrected chi connectivity index (χ3v) is 5.25. The summed E-state index contributed by atoms with van der Waals surface area (Å²) in [4.78, 5) is 37.3. The molecule has 6 nitrogen and oxygen atoms in total. The van der Waals surface area contributed by atoms with Crippen molar-refractivity contribution in [2.75, 3.05) is 12.4 Å². The molecular weight excluding hydrogens is 404 g/mol. The second-order valence-corrected chi connectivity index (χ2v) is 7.33. The van der Waals surface area contributed by atoms with Gasteiger partial charge in [0.2, 0.25) is 5.91 Å². The van der Waals surface area contributed by atoms with Gasteiger partial charge in [-0.25, -0.2) is 0 Å². The standard InChI is InChI=1S/C23H17ClN2O4/c1-13-3-4-14(11-19(13)24)20-9-6-16(30-20)7-10-21(27)25-15-5-8-17-18(12-15)23(29)26(2)22(17)28/h3-12H,1-2H3,(H,25,27). The van der Waals surface area contributed by atoms with Gasteiger partial charge in [-0.15, -0.1) is 0 Å². The molecule has 2 heterocycles. The van der Waals surface area contributed by atoms with E-state index in [2.05, 4.69) is 5.32 Å². The molecule has 3 amide bonds. The number of nitrogens with one attached hydrogen (secondary N) is 1. The van der Waals surface area contributed by atoms with Crippen LogP contribution in [0.4, 0.5) is 5.69 Å². The van der Waals surface area contributed by atoms with Gasteiger partial charge in [-0.3, -0.25) is 19.3 Å². The van der Waals surface area contributed by atoms with Gasteiger partial charge < -0.3 is 9.73 Å². The molecule has 4 rings (SSSR count). The van der Waals surface area contributed by atoms with E-state index in [1.165, 1.54) is 25.3 Å². The molecule has 1 aromatic heterocycles. The number of aryl methyl sites for hydroxylation is 1. The largest absolute Gasteiger partial charge is 0.457 e. The molecule has 1 aliphatic heterocycles. The van der Waals surface area contributed by atoms with Gasteiger partial charge in [0.05, 0.1) is 11.1 Å². The van der Waals surface area contributed by atoms with E-state index in [4.69, 9.17) is 16.0 Å². The molecule has 0 radical (unpaired) electrons. The van der Waals surface area contributed by atoms with Gasteiger partial charge in [-0.1, -0.05) is 23.7 Å². The smallest absolute Gasteiger partial charge is 0.261 e. The number of amides is 3. The van der Waals surface area contributed by atoms with Gasteiger partial charge in [0.15, 0.2) is 0 Å². The van der Waals surface area contributed by atoms with Crippen LogP contribution in [0.25, 0.3) is 17.4 Å². The normalized spacial score (nSPS) is 13.2. The monoisotopic (exact) mass is 420 g/mol. The van der Waals surface area contributed by atoms with Crippen LogP contribution in [0.5, 0.6) is 0 Å². The van der Waals surface area contributed by atoms with Gasteiger partial charge in [0.1, 0.15) is 11.5 Å². The maximum absolute atomic E-state index is 12.2. The molecule has 2 aromatic carbocycles. The summed E-state index contributed by atoms with van der Waals surface area (Å²) >= 11 is 6.16. The predicted octanol–water partition coefficient (Wildman–Crippen LogP) is 4.79. The van der Waals surface area contributed by atoms with Crippen LogP contribution in [0.15, 0.2) is 59.0 Å². The number of furan rings is 1. The minimum Gasteiger partial charge on any atom is -0.457 e. The van der Waals surface area contributed by atoms with Crippen LogP contribution in [-0.4, -0.2) is 29.7 Å². The van der Waals surface area contributed by atoms with E-state index in [9.17, 15) is 14.4 Å². The Labute approximate surface area is 177 Å².